The number of nitro benzene ring substituents is 1. The number of ketones is 1. The van der Waals surface area contributed by atoms with Gasteiger partial charge in [0.15, 0.2) is 5.76 Å². The molecule has 0 N–H and O–H groups in total. The molecule has 0 amide bonds. The van der Waals surface area contributed by atoms with Crippen LogP contribution in [0.25, 0.3) is 21.7 Å². The third-order valence-electron chi connectivity index (χ3n) is 3.95. The lowest BCUT2D eigenvalue weighted by molar-refractivity contribution is -0.384. The zero-order chi connectivity index (χ0) is 18.7. The quantitative estimate of drug-likeness (QED) is 0.269. The van der Waals surface area contributed by atoms with E-state index in [1.165, 1.54) is 18.2 Å². The van der Waals surface area contributed by atoms with Crippen molar-refractivity contribution < 1.29 is 14.1 Å². The number of non-ortho nitro benzene ring substituents is 1. The molecule has 0 spiro atoms. The van der Waals surface area contributed by atoms with Crippen LogP contribution in [-0.2, 0) is 0 Å². The maximum Gasteiger partial charge on any atom is 0.270 e. The molecule has 4 rings (SSSR count). The summed E-state index contributed by atoms with van der Waals surface area (Å²) >= 11 is 0. The number of benzene rings is 3. The summed E-state index contributed by atoms with van der Waals surface area (Å²) < 4.78 is 5.56. The number of carbonyl (C=O) groups excluding carboxylic acids is 1. The van der Waals surface area contributed by atoms with Crippen LogP contribution in [-0.4, -0.2) is 10.7 Å². The van der Waals surface area contributed by atoms with Crippen molar-refractivity contribution in [2.24, 2.45) is 0 Å². The second-order valence-corrected chi connectivity index (χ2v) is 5.48. The fourth-order valence-corrected chi connectivity index (χ4v) is 2.73. The van der Waals surface area contributed by atoms with E-state index in [4.69, 9.17) is 4.42 Å². The van der Waals surface area contributed by atoms with E-state index in [0.717, 1.165) is 10.8 Å². The SMILES string of the molecule is CC.O=C(c1ccc2ccccc2c1)c1cc2cc([N+](=O)[O-])ccc2o1. The highest BCUT2D eigenvalue weighted by molar-refractivity contribution is 6.10. The van der Waals surface area contributed by atoms with Crippen LogP contribution < -0.4 is 0 Å². The molecule has 3 aromatic carbocycles. The van der Waals surface area contributed by atoms with Crippen LogP contribution in [0.5, 0.6) is 0 Å². The van der Waals surface area contributed by atoms with E-state index < -0.39 is 4.92 Å². The first kappa shape index (κ1) is 17.4. The number of hydrogen-bond acceptors (Lipinski definition) is 4. The Morgan fingerprint density at radius 3 is 2.35 bits per heavy atom. The Kier molecular flexibility index (Phi) is 4.80. The fourth-order valence-electron chi connectivity index (χ4n) is 2.73. The molecule has 0 aliphatic rings. The molecule has 0 bridgehead atoms. The Balaban J connectivity index is 0.000000948. The Morgan fingerprint density at radius 1 is 0.885 bits per heavy atom. The summed E-state index contributed by atoms with van der Waals surface area (Å²) in [5.74, 6) is -0.0830. The van der Waals surface area contributed by atoms with Crippen LogP contribution in [0.15, 0.2) is 71.1 Å². The van der Waals surface area contributed by atoms with E-state index in [1.54, 1.807) is 12.1 Å². The van der Waals surface area contributed by atoms with Crippen molar-refractivity contribution in [3.05, 3.63) is 88.2 Å². The summed E-state index contributed by atoms with van der Waals surface area (Å²) in [5.41, 5.74) is 0.931. The Morgan fingerprint density at radius 2 is 1.62 bits per heavy atom. The first-order chi connectivity index (χ1) is 12.6. The van der Waals surface area contributed by atoms with Gasteiger partial charge in [0.2, 0.25) is 5.78 Å². The summed E-state index contributed by atoms with van der Waals surface area (Å²) in [6.45, 7) is 4.00. The molecule has 5 heteroatoms. The molecule has 130 valence electrons. The van der Waals surface area contributed by atoms with E-state index in [-0.39, 0.29) is 17.2 Å². The summed E-state index contributed by atoms with van der Waals surface area (Å²) in [6, 6.07) is 19.0. The molecular formula is C21H17NO4. The molecule has 5 nitrogen and oxygen atoms in total. The molecule has 0 saturated heterocycles. The van der Waals surface area contributed by atoms with Crippen LogP contribution >= 0.6 is 0 Å². The zero-order valence-electron chi connectivity index (χ0n) is 14.4. The first-order valence-electron chi connectivity index (χ1n) is 8.33. The third-order valence-corrected chi connectivity index (χ3v) is 3.95. The van der Waals surface area contributed by atoms with Gasteiger partial charge in [0, 0.05) is 23.1 Å². The lowest BCUT2D eigenvalue weighted by atomic mass is 10.0. The minimum absolute atomic E-state index is 0.0343. The second-order valence-electron chi connectivity index (χ2n) is 5.48. The number of nitrogens with zero attached hydrogens (tertiary/aromatic N) is 1. The lowest BCUT2D eigenvalue weighted by Gasteiger charge is -2.01. The van der Waals surface area contributed by atoms with Crippen LogP contribution in [0, 0.1) is 10.1 Å². The minimum atomic E-state index is -0.475. The van der Waals surface area contributed by atoms with Crippen molar-refractivity contribution in [2.75, 3.05) is 0 Å². The largest absolute Gasteiger partial charge is 0.453 e. The molecule has 1 heterocycles. The smallest absolute Gasteiger partial charge is 0.270 e. The molecule has 0 fully saturated rings. The van der Waals surface area contributed by atoms with E-state index >= 15 is 0 Å². The van der Waals surface area contributed by atoms with Gasteiger partial charge in [0.1, 0.15) is 5.58 Å². The maximum absolute atomic E-state index is 12.7. The summed E-state index contributed by atoms with van der Waals surface area (Å²) in [7, 11) is 0. The maximum atomic E-state index is 12.7. The molecule has 1 aromatic heterocycles. The lowest BCUT2D eigenvalue weighted by Crippen LogP contribution is -1.99. The van der Waals surface area contributed by atoms with Crippen molar-refractivity contribution in [1.82, 2.24) is 0 Å². The summed E-state index contributed by atoms with van der Waals surface area (Å²) in [6.07, 6.45) is 0. The van der Waals surface area contributed by atoms with Gasteiger partial charge in [-0.05, 0) is 29.0 Å². The molecule has 26 heavy (non-hydrogen) atoms. The van der Waals surface area contributed by atoms with Crippen LogP contribution in [0.2, 0.25) is 0 Å². The van der Waals surface area contributed by atoms with Gasteiger partial charge in [-0.3, -0.25) is 14.9 Å². The number of hydrogen-bond donors (Lipinski definition) is 0. The van der Waals surface area contributed by atoms with E-state index in [9.17, 15) is 14.9 Å². The third kappa shape index (κ3) is 3.19. The predicted octanol–water partition coefficient (Wildman–Crippen LogP) is 5.75. The van der Waals surface area contributed by atoms with E-state index in [2.05, 4.69) is 0 Å². The van der Waals surface area contributed by atoms with Gasteiger partial charge >= 0.3 is 0 Å². The van der Waals surface area contributed by atoms with Crippen LogP contribution in [0.4, 0.5) is 5.69 Å². The molecule has 4 aromatic rings. The van der Waals surface area contributed by atoms with Crippen molar-refractivity contribution in [3.63, 3.8) is 0 Å². The molecule has 0 radical (unpaired) electrons. The minimum Gasteiger partial charge on any atom is -0.453 e. The van der Waals surface area contributed by atoms with E-state index in [0.29, 0.717) is 16.5 Å². The standard InChI is InChI=1S/C19H11NO4.C2H6/c21-19(14-6-5-12-3-1-2-4-13(12)9-14)18-11-15-10-16(20(22)23)7-8-17(15)24-18;1-2/h1-11H;1-2H3. The van der Waals surface area contributed by atoms with Crippen molar-refractivity contribution in [2.45, 2.75) is 13.8 Å². The number of carbonyl (C=O) groups is 1. The zero-order valence-corrected chi connectivity index (χ0v) is 14.4. The summed E-state index contributed by atoms with van der Waals surface area (Å²) in [4.78, 5) is 23.0. The normalized spacial score (nSPS) is 10.4. The van der Waals surface area contributed by atoms with Crippen LogP contribution in [0.3, 0.4) is 0 Å². The molecule has 0 saturated carbocycles. The highest BCUT2D eigenvalue weighted by atomic mass is 16.6. The van der Waals surface area contributed by atoms with Gasteiger partial charge in [-0.25, -0.2) is 0 Å². The molecule has 0 aliphatic carbocycles. The number of furan rings is 1. The van der Waals surface area contributed by atoms with Gasteiger partial charge in [0.25, 0.3) is 5.69 Å². The highest BCUT2D eigenvalue weighted by Gasteiger charge is 2.16. The van der Waals surface area contributed by atoms with Gasteiger partial charge in [-0.1, -0.05) is 50.2 Å². The average Bonchev–Trinajstić information content (AvgIpc) is 3.11. The molecule has 0 atom stereocenters. The highest BCUT2D eigenvalue weighted by Crippen LogP contribution is 2.26. The number of nitro groups is 1. The average molecular weight is 347 g/mol. The second kappa shape index (κ2) is 7.19. The van der Waals surface area contributed by atoms with Crippen LogP contribution in [0.1, 0.15) is 30.0 Å². The Bertz CT molecular complexity index is 1110. The summed E-state index contributed by atoms with van der Waals surface area (Å²) in [5, 5.41) is 13.4. The van der Waals surface area contributed by atoms with Crippen molar-refractivity contribution >= 4 is 33.2 Å². The predicted molar refractivity (Wildman–Crippen MR) is 102 cm³/mol. The van der Waals surface area contributed by atoms with Gasteiger partial charge in [-0.15, -0.1) is 0 Å². The number of fused-ring (bicyclic) bond motifs is 2. The molecular weight excluding hydrogens is 330 g/mol. The Labute approximate surface area is 150 Å². The molecule has 0 unspecified atom stereocenters. The van der Waals surface area contributed by atoms with Gasteiger partial charge in [-0.2, -0.15) is 0 Å². The van der Waals surface area contributed by atoms with Crippen molar-refractivity contribution in [1.29, 1.82) is 0 Å². The monoisotopic (exact) mass is 347 g/mol. The Hall–Kier alpha value is -3.47. The van der Waals surface area contributed by atoms with Crippen molar-refractivity contribution in [3.8, 4) is 0 Å². The topological polar surface area (TPSA) is 73.3 Å². The van der Waals surface area contributed by atoms with Gasteiger partial charge in [0.05, 0.1) is 4.92 Å². The fraction of sp³-hybridized carbons (Fsp3) is 0.0952. The van der Waals surface area contributed by atoms with E-state index in [1.807, 2.05) is 50.2 Å². The number of rotatable bonds is 3. The van der Waals surface area contributed by atoms with Gasteiger partial charge < -0.3 is 4.42 Å². The molecule has 0 aliphatic heterocycles. The first-order valence-corrected chi connectivity index (χ1v) is 8.33.